The zero-order chi connectivity index (χ0) is 17.5. The van der Waals surface area contributed by atoms with Crippen molar-refractivity contribution in [2.24, 2.45) is 5.92 Å². The molecule has 0 spiro atoms. The number of hydrogen-bond donors (Lipinski definition) is 2. The minimum absolute atomic E-state index is 0.0704. The summed E-state index contributed by atoms with van der Waals surface area (Å²) in [6.07, 6.45) is 0. The second-order valence-corrected chi connectivity index (χ2v) is 5.88. The van der Waals surface area contributed by atoms with Crippen molar-refractivity contribution in [3.05, 3.63) is 71.5 Å². The predicted octanol–water partition coefficient (Wildman–Crippen LogP) is 2.90. The first-order chi connectivity index (χ1) is 11.5. The number of carbonyl (C=O) groups excluding carboxylic acids is 2. The molecule has 5 heteroatoms. The lowest BCUT2D eigenvalue weighted by atomic mass is 10.0. The highest BCUT2D eigenvalue weighted by Gasteiger charge is 2.25. The van der Waals surface area contributed by atoms with E-state index in [0.717, 1.165) is 5.56 Å². The van der Waals surface area contributed by atoms with E-state index in [0.29, 0.717) is 6.54 Å². The fourth-order valence-electron chi connectivity index (χ4n) is 2.29. The fraction of sp³-hybridized carbons (Fsp3) is 0.263. The number of amides is 2. The van der Waals surface area contributed by atoms with Gasteiger partial charge in [-0.1, -0.05) is 56.3 Å². The SMILES string of the molecule is CC(C)[C@@H](NC(=O)c1ccccc1F)C(=O)NCc1ccccc1. The van der Waals surface area contributed by atoms with Crippen LogP contribution in [0.5, 0.6) is 0 Å². The van der Waals surface area contributed by atoms with E-state index in [9.17, 15) is 14.0 Å². The van der Waals surface area contributed by atoms with E-state index in [1.165, 1.54) is 18.2 Å². The topological polar surface area (TPSA) is 58.2 Å². The van der Waals surface area contributed by atoms with Crippen LogP contribution in [0.25, 0.3) is 0 Å². The predicted molar refractivity (Wildman–Crippen MR) is 90.8 cm³/mol. The Balaban J connectivity index is 2.02. The number of rotatable bonds is 6. The third-order valence-electron chi connectivity index (χ3n) is 3.66. The Morgan fingerprint density at radius 2 is 1.62 bits per heavy atom. The minimum Gasteiger partial charge on any atom is -0.350 e. The molecule has 2 amide bonds. The van der Waals surface area contributed by atoms with Crippen molar-refractivity contribution in [3.63, 3.8) is 0 Å². The summed E-state index contributed by atoms with van der Waals surface area (Å²) in [5, 5.41) is 5.42. The second-order valence-electron chi connectivity index (χ2n) is 5.88. The number of carbonyl (C=O) groups is 2. The summed E-state index contributed by atoms with van der Waals surface area (Å²) in [6.45, 7) is 4.03. The van der Waals surface area contributed by atoms with Crippen molar-refractivity contribution in [1.29, 1.82) is 0 Å². The Bertz CT molecular complexity index is 702. The maximum absolute atomic E-state index is 13.7. The normalized spacial score (nSPS) is 11.8. The Kier molecular flexibility index (Phi) is 6.07. The summed E-state index contributed by atoms with van der Waals surface area (Å²) < 4.78 is 13.7. The van der Waals surface area contributed by atoms with Crippen LogP contribution in [0.4, 0.5) is 4.39 Å². The maximum atomic E-state index is 13.7. The molecule has 24 heavy (non-hydrogen) atoms. The van der Waals surface area contributed by atoms with Crippen molar-refractivity contribution in [2.45, 2.75) is 26.4 Å². The van der Waals surface area contributed by atoms with Crippen LogP contribution < -0.4 is 10.6 Å². The maximum Gasteiger partial charge on any atom is 0.254 e. The molecule has 2 aromatic carbocycles. The van der Waals surface area contributed by atoms with E-state index >= 15 is 0 Å². The smallest absolute Gasteiger partial charge is 0.254 e. The zero-order valence-corrected chi connectivity index (χ0v) is 13.8. The molecule has 2 rings (SSSR count). The zero-order valence-electron chi connectivity index (χ0n) is 13.8. The van der Waals surface area contributed by atoms with Gasteiger partial charge in [0, 0.05) is 6.54 Å². The van der Waals surface area contributed by atoms with Gasteiger partial charge >= 0.3 is 0 Å². The Morgan fingerprint density at radius 1 is 1.00 bits per heavy atom. The van der Waals surface area contributed by atoms with Gasteiger partial charge in [0.15, 0.2) is 0 Å². The quantitative estimate of drug-likeness (QED) is 0.856. The van der Waals surface area contributed by atoms with Crippen LogP contribution in [0.15, 0.2) is 54.6 Å². The Hall–Kier alpha value is -2.69. The third kappa shape index (κ3) is 4.65. The van der Waals surface area contributed by atoms with Gasteiger partial charge in [0.05, 0.1) is 5.56 Å². The van der Waals surface area contributed by atoms with Crippen LogP contribution in [0.3, 0.4) is 0 Å². The third-order valence-corrected chi connectivity index (χ3v) is 3.66. The van der Waals surface area contributed by atoms with Gasteiger partial charge in [0.1, 0.15) is 11.9 Å². The molecule has 0 unspecified atom stereocenters. The van der Waals surface area contributed by atoms with Crippen LogP contribution in [0, 0.1) is 11.7 Å². The van der Waals surface area contributed by atoms with Gasteiger partial charge in [-0.05, 0) is 23.6 Å². The molecule has 0 aliphatic heterocycles. The molecule has 0 aliphatic rings. The van der Waals surface area contributed by atoms with Crippen LogP contribution >= 0.6 is 0 Å². The fourth-order valence-corrected chi connectivity index (χ4v) is 2.29. The van der Waals surface area contributed by atoms with E-state index in [4.69, 9.17) is 0 Å². The molecule has 126 valence electrons. The van der Waals surface area contributed by atoms with Crippen molar-refractivity contribution in [1.82, 2.24) is 10.6 Å². The Morgan fingerprint density at radius 3 is 2.25 bits per heavy atom. The summed E-state index contributed by atoms with van der Waals surface area (Å²) in [7, 11) is 0. The van der Waals surface area contributed by atoms with E-state index in [-0.39, 0.29) is 17.4 Å². The molecule has 1 atom stereocenters. The highest BCUT2D eigenvalue weighted by Crippen LogP contribution is 2.09. The van der Waals surface area contributed by atoms with Gasteiger partial charge in [-0.15, -0.1) is 0 Å². The first kappa shape index (κ1) is 17.7. The second kappa shape index (κ2) is 8.24. The van der Waals surface area contributed by atoms with Crippen LogP contribution in [0.2, 0.25) is 0 Å². The van der Waals surface area contributed by atoms with Gasteiger partial charge < -0.3 is 10.6 Å². The van der Waals surface area contributed by atoms with Crippen molar-refractivity contribution >= 4 is 11.8 Å². The first-order valence-electron chi connectivity index (χ1n) is 7.86. The van der Waals surface area contributed by atoms with Crippen LogP contribution in [0.1, 0.15) is 29.8 Å². The van der Waals surface area contributed by atoms with Gasteiger partial charge in [0.25, 0.3) is 5.91 Å². The number of benzene rings is 2. The number of halogens is 1. The molecule has 0 heterocycles. The summed E-state index contributed by atoms with van der Waals surface area (Å²) in [5.74, 6) is -1.63. The number of nitrogens with one attached hydrogen (secondary N) is 2. The summed E-state index contributed by atoms with van der Waals surface area (Å²) in [5.41, 5.74) is 0.896. The lowest BCUT2D eigenvalue weighted by Crippen LogP contribution is -2.49. The van der Waals surface area contributed by atoms with E-state index < -0.39 is 17.8 Å². The molecule has 0 aromatic heterocycles. The lowest BCUT2D eigenvalue weighted by Gasteiger charge is -2.22. The molecule has 0 saturated heterocycles. The summed E-state index contributed by atoms with van der Waals surface area (Å²) in [6, 6.07) is 14.5. The van der Waals surface area contributed by atoms with Crippen molar-refractivity contribution in [3.8, 4) is 0 Å². The average Bonchev–Trinajstić information content (AvgIpc) is 2.58. The van der Waals surface area contributed by atoms with Crippen LogP contribution in [-0.2, 0) is 11.3 Å². The summed E-state index contributed by atoms with van der Waals surface area (Å²) in [4.78, 5) is 24.6. The summed E-state index contributed by atoms with van der Waals surface area (Å²) >= 11 is 0. The molecule has 0 aliphatic carbocycles. The molecule has 4 nitrogen and oxygen atoms in total. The largest absolute Gasteiger partial charge is 0.350 e. The molecule has 0 fully saturated rings. The van der Waals surface area contributed by atoms with Crippen molar-refractivity contribution in [2.75, 3.05) is 0 Å². The van der Waals surface area contributed by atoms with Gasteiger partial charge in [0.2, 0.25) is 5.91 Å². The average molecular weight is 328 g/mol. The Labute approximate surface area is 141 Å². The molecule has 0 radical (unpaired) electrons. The molecular weight excluding hydrogens is 307 g/mol. The van der Waals surface area contributed by atoms with Gasteiger partial charge in [-0.3, -0.25) is 9.59 Å². The van der Waals surface area contributed by atoms with E-state index in [1.54, 1.807) is 6.07 Å². The molecule has 0 saturated carbocycles. The monoisotopic (exact) mass is 328 g/mol. The van der Waals surface area contributed by atoms with E-state index in [2.05, 4.69) is 10.6 Å². The number of hydrogen-bond acceptors (Lipinski definition) is 2. The molecule has 0 bridgehead atoms. The minimum atomic E-state index is -0.735. The van der Waals surface area contributed by atoms with Crippen molar-refractivity contribution < 1.29 is 14.0 Å². The molecule has 2 N–H and O–H groups in total. The van der Waals surface area contributed by atoms with Gasteiger partial charge in [-0.25, -0.2) is 4.39 Å². The lowest BCUT2D eigenvalue weighted by molar-refractivity contribution is -0.124. The molecular formula is C19H21FN2O2. The van der Waals surface area contributed by atoms with Crippen LogP contribution in [-0.4, -0.2) is 17.9 Å². The highest BCUT2D eigenvalue weighted by atomic mass is 19.1. The standard InChI is InChI=1S/C19H21FN2O2/c1-13(2)17(19(24)21-12-14-8-4-3-5-9-14)22-18(23)15-10-6-7-11-16(15)20/h3-11,13,17H,12H2,1-2H3,(H,21,24)(H,22,23)/t17-/m1/s1. The first-order valence-corrected chi connectivity index (χ1v) is 7.86. The highest BCUT2D eigenvalue weighted by molar-refractivity contribution is 5.97. The van der Waals surface area contributed by atoms with E-state index in [1.807, 2.05) is 44.2 Å². The van der Waals surface area contributed by atoms with Gasteiger partial charge in [-0.2, -0.15) is 0 Å². The molecule has 2 aromatic rings.